The van der Waals surface area contributed by atoms with E-state index in [4.69, 9.17) is 4.74 Å². The molecule has 29 heavy (non-hydrogen) atoms. The highest BCUT2D eigenvalue weighted by Gasteiger charge is 2.54. The van der Waals surface area contributed by atoms with E-state index in [0.717, 1.165) is 6.42 Å². The number of rotatable bonds is 6. The van der Waals surface area contributed by atoms with Crippen LogP contribution in [-0.2, 0) is 10.2 Å². The van der Waals surface area contributed by atoms with Gasteiger partial charge in [-0.25, -0.2) is 4.79 Å². The SMILES string of the molecule is O=C(/C=C\C1CC1(c1ccccc1)c1ccccc1)Oc1ccc([N+](=O)[O-])cc1. The third-order valence-electron chi connectivity index (χ3n) is 5.32. The Morgan fingerprint density at radius 3 is 2.00 bits per heavy atom. The van der Waals surface area contributed by atoms with Crippen molar-refractivity contribution in [3.05, 3.63) is 118 Å². The fraction of sp³-hybridized carbons (Fsp3) is 0.125. The molecule has 0 aliphatic heterocycles. The number of ether oxygens (including phenoxy) is 1. The van der Waals surface area contributed by atoms with E-state index in [1.165, 1.54) is 41.5 Å². The summed E-state index contributed by atoms with van der Waals surface area (Å²) in [5, 5.41) is 10.7. The molecule has 0 bridgehead atoms. The van der Waals surface area contributed by atoms with E-state index in [1.54, 1.807) is 0 Å². The van der Waals surface area contributed by atoms with Crippen molar-refractivity contribution in [2.24, 2.45) is 5.92 Å². The van der Waals surface area contributed by atoms with Gasteiger partial charge < -0.3 is 4.74 Å². The second-order valence-electron chi connectivity index (χ2n) is 7.05. The van der Waals surface area contributed by atoms with Crippen LogP contribution in [0, 0.1) is 16.0 Å². The van der Waals surface area contributed by atoms with E-state index >= 15 is 0 Å². The zero-order valence-corrected chi connectivity index (χ0v) is 15.6. The number of nitro groups is 1. The van der Waals surface area contributed by atoms with Gasteiger partial charge in [0.05, 0.1) is 4.92 Å². The number of esters is 1. The summed E-state index contributed by atoms with van der Waals surface area (Å²) in [5.74, 6) is -0.0316. The second-order valence-corrected chi connectivity index (χ2v) is 7.05. The number of allylic oxidation sites excluding steroid dienone is 1. The molecule has 0 saturated heterocycles. The van der Waals surface area contributed by atoms with Crippen molar-refractivity contribution < 1.29 is 14.5 Å². The van der Waals surface area contributed by atoms with Gasteiger partial charge in [0.1, 0.15) is 5.75 Å². The summed E-state index contributed by atoms with van der Waals surface area (Å²) < 4.78 is 5.26. The highest BCUT2D eigenvalue weighted by atomic mass is 16.6. The lowest BCUT2D eigenvalue weighted by molar-refractivity contribution is -0.384. The fourth-order valence-corrected chi connectivity index (χ4v) is 3.80. The van der Waals surface area contributed by atoms with Gasteiger partial charge in [0.15, 0.2) is 0 Å². The minimum Gasteiger partial charge on any atom is -0.423 e. The minimum atomic E-state index is -0.499. The topological polar surface area (TPSA) is 69.4 Å². The maximum absolute atomic E-state index is 12.2. The smallest absolute Gasteiger partial charge is 0.335 e. The molecule has 0 heterocycles. The van der Waals surface area contributed by atoms with E-state index in [-0.39, 0.29) is 22.8 Å². The van der Waals surface area contributed by atoms with Crippen LogP contribution in [0.1, 0.15) is 17.5 Å². The van der Waals surface area contributed by atoms with Crippen LogP contribution in [0.2, 0.25) is 0 Å². The monoisotopic (exact) mass is 385 g/mol. The van der Waals surface area contributed by atoms with Crippen LogP contribution in [0.25, 0.3) is 0 Å². The molecule has 5 nitrogen and oxygen atoms in total. The lowest BCUT2D eigenvalue weighted by atomic mass is 9.85. The first kappa shape index (κ1) is 18.6. The number of hydrogen-bond acceptors (Lipinski definition) is 4. The molecule has 1 saturated carbocycles. The molecule has 0 spiro atoms. The van der Waals surface area contributed by atoms with Gasteiger partial charge in [0.2, 0.25) is 0 Å². The van der Waals surface area contributed by atoms with E-state index in [9.17, 15) is 14.9 Å². The Labute approximate surface area is 168 Å². The Hall–Kier alpha value is -3.73. The number of carbonyl (C=O) groups excluding carboxylic acids is 1. The maximum atomic E-state index is 12.2. The Kier molecular flexibility index (Phi) is 4.96. The van der Waals surface area contributed by atoms with Gasteiger partial charge in [-0.3, -0.25) is 10.1 Å². The van der Waals surface area contributed by atoms with E-state index in [0.29, 0.717) is 0 Å². The van der Waals surface area contributed by atoms with Crippen molar-refractivity contribution in [1.29, 1.82) is 0 Å². The number of carbonyl (C=O) groups is 1. The van der Waals surface area contributed by atoms with Crippen molar-refractivity contribution in [3.8, 4) is 5.75 Å². The zero-order valence-electron chi connectivity index (χ0n) is 15.6. The molecule has 1 atom stereocenters. The molecule has 0 aromatic heterocycles. The number of hydrogen-bond donors (Lipinski definition) is 0. The Morgan fingerprint density at radius 2 is 1.48 bits per heavy atom. The predicted octanol–water partition coefficient (Wildman–Crippen LogP) is 5.06. The highest BCUT2D eigenvalue weighted by Crippen LogP contribution is 2.59. The first-order chi connectivity index (χ1) is 14.1. The second kappa shape index (κ2) is 7.72. The molecule has 3 aromatic rings. The largest absolute Gasteiger partial charge is 0.423 e. The molecular formula is C24H19NO4. The van der Waals surface area contributed by atoms with Crippen LogP contribution >= 0.6 is 0 Å². The fourth-order valence-electron chi connectivity index (χ4n) is 3.80. The quantitative estimate of drug-likeness (QED) is 0.195. The van der Waals surface area contributed by atoms with Crippen molar-refractivity contribution >= 4 is 11.7 Å². The number of nitrogens with zero attached hydrogens (tertiary/aromatic N) is 1. The summed E-state index contributed by atoms with van der Waals surface area (Å²) in [6.07, 6.45) is 4.26. The number of benzene rings is 3. The van der Waals surface area contributed by atoms with Crippen LogP contribution in [0.4, 0.5) is 5.69 Å². The molecule has 5 heteroatoms. The Bertz CT molecular complexity index is 1000. The molecule has 1 aliphatic rings. The van der Waals surface area contributed by atoms with Crippen molar-refractivity contribution in [2.75, 3.05) is 0 Å². The lowest BCUT2D eigenvalue weighted by Crippen LogP contribution is -2.12. The summed E-state index contributed by atoms with van der Waals surface area (Å²) in [6.45, 7) is 0. The first-order valence-electron chi connectivity index (χ1n) is 9.35. The van der Waals surface area contributed by atoms with Crippen molar-refractivity contribution in [2.45, 2.75) is 11.8 Å². The van der Waals surface area contributed by atoms with Crippen molar-refractivity contribution in [3.63, 3.8) is 0 Å². The maximum Gasteiger partial charge on any atom is 0.335 e. The van der Waals surface area contributed by atoms with Crippen LogP contribution in [0.3, 0.4) is 0 Å². The molecular weight excluding hydrogens is 366 g/mol. The Balaban J connectivity index is 1.49. The highest BCUT2D eigenvalue weighted by molar-refractivity contribution is 5.84. The molecule has 0 amide bonds. The van der Waals surface area contributed by atoms with E-state index < -0.39 is 10.9 Å². The summed E-state index contributed by atoms with van der Waals surface area (Å²) in [7, 11) is 0. The summed E-state index contributed by atoms with van der Waals surface area (Å²) in [5.41, 5.74) is 2.27. The van der Waals surface area contributed by atoms with Gasteiger partial charge >= 0.3 is 5.97 Å². The predicted molar refractivity (Wildman–Crippen MR) is 110 cm³/mol. The Morgan fingerprint density at radius 1 is 0.931 bits per heavy atom. The molecule has 1 fully saturated rings. The van der Waals surface area contributed by atoms with Crippen LogP contribution in [-0.4, -0.2) is 10.9 Å². The first-order valence-corrected chi connectivity index (χ1v) is 9.35. The summed E-state index contributed by atoms with van der Waals surface area (Å²) >= 11 is 0. The third-order valence-corrected chi connectivity index (χ3v) is 5.32. The average molecular weight is 385 g/mol. The molecule has 0 N–H and O–H groups in total. The minimum absolute atomic E-state index is 0.0474. The average Bonchev–Trinajstić information content (AvgIpc) is 3.50. The molecule has 1 aliphatic carbocycles. The van der Waals surface area contributed by atoms with E-state index in [1.807, 2.05) is 42.5 Å². The lowest BCUT2D eigenvalue weighted by Gasteiger charge is -2.18. The van der Waals surface area contributed by atoms with Crippen LogP contribution in [0.15, 0.2) is 97.1 Å². The molecule has 3 aromatic carbocycles. The van der Waals surface area contributed by atoms with Gasteiger partial charge in [-0.2, -0.15) is 0 Å². The number of nitro benzene ring substituents is 1. The van der Waals surface area contributed by atoms with Gasteiger partial charge in [-0.05, 0) is 35.6 Å². The van der Waals surface area contributed by atoms with Gasteiger partial charge in [-0.15, -0.1) is 0 Å². The molecule has 4 rings (SSSR count). The van der Waals surface area contributed by atoms with Gasteiger partial charge in [0.25, 0.3) is 5.69 Å². The zero-order chi connectivity index (χ0) is 20.3. The summed E-state index contributed by atoms with van der Waals surface area (Å²) in [6, 6.07) is 26.0. The number of non-ortho nitro benzene ring substituents is 1. The van der Waals surface area contributed by atoms with Crippen molar-refractivity contribution in [1.82, 2.24) is 0 Å². The van der Waals surface area contributed by atoms with Gasteiger partial charge in [-0.1, -0.05) is 66.7 Å². The van der Waals surface area contributed by atoms with E-state index in [2.05, 4.69) is 24.3 Å². The molecule has 0 radical (unpaired) electrons. The normalized spacial score (nSPS) is 17.0. The third kappa shape index (κ3) is 3.80. The van der Waals surface area contributed by atoms with Crippen LogP contribution < -0.4 is 4.74 Å². The molecule has 1 unspecified atom stereocenters. The van der Waals surface area contributed by atoms with Crippen LogP contribution in [0.5, 0.6) is 5.75 Å². The van der Waals surface area contributed by atoms with Gasteiger partial charge in [0, 0.05) is 23.6 Å². The molecule has 144 valence electrons. The standard InChI is InChI=1S/C24H19NO4/c26-23(29-22-14-12-21(13-15-22)25(27)28)16-11-20-17-24(20,18-7-3-1-4-8-18)19-9-5-2-6-10-19/h1-16,20H,17H2/b16-11-. The summed E-state index contributed by atoms with van der Waals surface area (Å²) in [4.78, 5) is 22.4.